The molecule has 1 heteroatoms. The summed E-state index contributed by atoms with van der Waals surface area (Å²) in [5.74, 6) is 0. The summed E-state index contributed by atoms with van der Waals surface area (Å²) in [6.07, 6.45) is 3.81. The van der Waals surface area contributed by atoms with E-state index in [9.17, 15) is 0 Å². The van der Waals surface area contributed by atoms with Crippen LogP contribution >= 0.6 is 11.8 Å². The van der Waals surface area contributed by atoms with Crippen LogP contribution in [0.3, 0.4) is 0 Å². The van der Waals surface area contributed by atoms with Gasteiger partial charge in [0.1, 0.15) is 0 Å². The molecule has 0 rings (SSSR count). The quantitative estimate of drug-likeness (QED) is 0.579. The Morgan fingerprint density at radius 3 is 1.53 bits per heavy atom. The van der Waals surface area contributed by atoms with Crippen molar-refractivity contribution >= 4 is 11.8 Å². The van der Waals surface area contributed by atoms with Gasteiger partial charge in [0.05, 0.1) is 0 Å². The summed E-state index contributed by atoms with van der Waals surface area (Å²) in [4.78, 5) is 0. The molecule has 15 heavy (non-hydrogen) atoms. The lowest BCUT2D eigenvalue weighted by Gasteiger charge is -2.39. The van der Waals surface area contributed by atoms with Crippen molar-refractivity contribution in [2.24, 2.45) is 5.41 Å². The van der Waals surface area contributed by atoms with E-state index in [1.165, 1.54) is 19.3 Å². The van der Waals surface area contributed by atoms with Crippen LogP contribution in [0.2, 0.25) is 0 Å². The maximum atomic E-state index is 2.40. The Balaban J connectivity index is 4.43. The zero-order valence-corrected chi connectivity index (χ0v) is 12.8. The standard InChI is InChI=1S/C14H30S/c1-9-12(3,4)11-14(7,8)15-13(5,6)10-2/h9-11H2,1-8H3. The maximum Gasteiger partial charge on any atom is 0.0114 e. The second-order valence-corrected chi connectivity index (χ2v) is 9.08. The number of hydrogen-bond acceptors (Lipinski definition) is 1. The van der Waals surface area contributed by atoms with Crippen LogP contribution in [-0.2, 0) is 0 Å². The van der Waals surface area contributed by atoms with E-state index in [-0.39, 0.29) is 0 Å². The normalized spacial score (nSPS) is 14.4. The van der Waals surface area contributed by atoms with Crippen LogP contribution < -0.4 is 0 Å². The third-order valence-electron chi connectivity index (χ3n) is 3.27. The van der Waals surface area contributed by atoms with E-state index in [0.29, 0.717) is 14.9 Å². The molecule has 0 radical (unpaired) electrons. The van der Waals surface area contributed by atoms with Gasteiger partial charge in [-0.25, -0.2) is 0 Å². The van der Waals surface area contributed by atoms with Crippen LogP contribution in [-0.4, -0.2) is 9.49 Å². The Labute approximate surface area is 102 Å². The fraction of sp³-hybridized carbons (Fsp3) is 1.00. The molecule has 0 aromatic rings. The number of thioether (sulfide) groups is 1. The summed E-state index contributed by atoms with van der Waals surface area (Å²) >= 11 is 2.15. The highest BCUT2D eigenvalue weighted by Crippen LogP contribution is 2.45. The SMILES string of the molecule is CCC(C)(C)CC(C)(C)SC(C)(C)CC. The van der Waals surface area contributed by atoms with Crippen LogP contribution in [0.25, 0.3) is 0 Å². The molecule has 92 valence electrons. The predicted octanol–water partition coefficient (Wildman–Crippen LogP) is 5.51. The lowest BCUT2D eigenvalue weighted by atomic mass is 9.81. The van der Waals surface area contributed by atoms with Crippen molar-refractivity contribution in [3.05, 3.63) is 0 Å². The van der Waals surface area contributed by atoms with Crippen LogP contribution in [0.4, 0.5) is 0 Å². The molecular formula is C14H30S. The van der Waals surface area contributed by atoms with Gasteiger partial charge in [-0.3, -0.25) is 0 Å². The molecule has 0 fully saturated rings. The van der Waals surface area contributed by atoms with E-state index >= 15 is 0 Å². The van der Waals surface area contributed by atoms with Gasteiger partial charge in [0.25, 0.3) is 0 Å². The van der Waals surface area contributed by atoms with Crippen LogP contribution in [0, 0.1) is 5.41 Å². The van der Waals surface area contributed by atoms with E-state index in [1.807, 2.05) is 0 Å². The molecule has 0 spiro atoms. The minimum atomic E-state index is 0.388. The Morgan fingerprint density at radius 2 is 1.20 bits per heavy atom. The molecule has 0 heterocycles. The highest BCUT2D eigenvalue weighted by Gasteiger charge is 2.32. The molecule has 0 nitrogen and oxygen atoms in total. The minimum absolute atomic E-state index is 0.388. The van der Waals surface area contributed by atoms with Gasteiger partial charge in [0.2, 0.25) is 0 Å². The van der Waals surface area contributed by atoms with E-state index in [4.69, 9.17) is 0 Å². The topological polar surface area (TPSA) is 0 Å². The van der Waals surface area contributed by atoms with Gasteiger partial charge >= 0.3 is 0 Å². The summed E-state index contributed by atoms with van der Waals surface area (Å²) in [6.45, 7) is 18.9. The molecule has 0 aliphatic carbocycles. The zero-order valence-electron chi connectivity index (χ0n) is 12.0. The third-order valence-corrected chi connectivity index (χ3v) is 4.80. The molecule has 0 aliphatic rings. The van der Waals surface area contributed by atoms with E-state index in [1.54, 1.807) is 0 Å². The number of hydrogen-bond donors (Lipinski definition) is 0. The number of rotatable bonds is 6. The summed E-state index contributed by atoms with van der Waals surface area (Å²) in [5.41, 5.74) is 0.473. The molecule has 0 bridgehead atoms. The first kappa shape index (κ1) is 15.3. The molecule has 0 saturated carbocycles. The molecule has 0 atom stereocenters. The third kappa shape index (κ3) is 6.50. The average Bonchev–Trinajstić information content (AvgIpc) is 2.00. The summed E-state index contributed by atoms with van der Waals surface area (Å²) in [6, 6.07) is 0. The van der Waals surface area contributed by atoms with Crippen LogP contribution in [0.15, 0.2) is 0 Å². The Hall–Kier alpha value is 0.350. The molecule has 0 amide bonds. The summed E-state index contributed by atoms with van der Waals surface area (Å²) in [7, 11) is 0. The molecule has 0 saturated heterocycles. The van der Waals surface area contributed by atoms with Crippen LogP contribution in [0.5, 0.6) is 0 Å². The summed E-state index contributed by atoms with van der Waals surface area (Å²) in [5, 5.41) is 0. The molecule has 0 aromatic carbocycles. The average molecular weight is 230 g/mol. The van der Waals surface area contributed by atoms with Crippen molar-refractivity contribution < 1.29 is 0 Å². The van der Waals surface area contributed by atoms with Gasteiger partial charge in [0, 0.05) is 9.49 Å². The van der Waals surface area contributed by atoms with Gasteiger partial charge in [-0.05, 0) is 18.3 Å². The maximum absolute atomic E-state index is 2.40. The van der Waals surface area contributed by atoms with Gasteiger partial charge in [0.15, 0.2) is 0 Å². The van der Waals surface area contributed by atoms with E-state index < -0.39 is 0 Å². The van der Waals surface area contributed by atoms with E-state index in [2.05, 4.69) is 67.2 Å². The fourth-order valence-corrected chi connectivity index (χ4v) is 4.24. The zero-order chi connectivity index (χ0) is 12.3. The lowest BCUT2D eigenvalue weighted by Crippen LogP contribution is -2.30. The van der Waals surface area contributed by atoms with E-state index in [0.717, 1.165) is 0 Å². The van der Waals surface area contributed by atoms with Crippen molar-refractivity contribution in [3.63, 3.8) is 0 Å². The predicted molar refractivity (Wildman–Crippen MR) is 74.7 cm³/mol. The fourth-order valence-electron chi connectivity index (χ4n) is 2.13. The summed E-state index contributed by atoms with van der Waals surface area (Å²) < 4.78 is 0.798. The first-order valence-corrected chi connectivity index (χ1v) is 7.05. The monoisotopic (exact) mass is 230 g/mol. The molecule has 0 aromatic heterocycles. The van der Waals surface area contributed by atoms with Crippen LogP contribution in [0.1, 0.15) is 74.7 Å². The van der Waals surface area contributed by atoms with Crippen molar-refractivity contribution in [2.75, 3.05) is 0 Å². The van der Waals surface area contributed by atoms with Crippen molar-refractivity contribution in [1.29, 1.82) is 0 Å². The second-order valence-electron chi connectivity index (χ2n) is 6.67. The molecule has 0 unspecified atom stereocenters. The largest absolute Gasteiger partial charge is 0.149 e. The molecule has 0 aliphatic heterocycles. The minimum Gasteiger partial charge on any atom is -0.149 e. The van der Waals surface area contributed by atoms with Gasteiger partial charge in [-0.2, -0.15) is 0 Å². The van der Waals surface area contributed by atoms with Crippen molar-refractivity contribution in [1.82, 2.24) is 0 Å². The first-order chi connectivity index (χ1) is 6.54. The second kappa shape index (κ2) is 5.12. The molecular weight excluding hydrogens is 200 g/mol. The highest BCUT2D eigenvalue weighted by atomic mass is 32.2. The first-order valence-electron chi connectivity index (χ1n) is 6.24. The Morgan fingerprint density at radius 1 is 0.733 bits per heavy atom. The van der Waals surface area contributed by atoms with Crippen molar-refractivity contribution in [2.45, 2.75) is 84.1 Å². The highest BCUT2D eigenvalue weighted by molar-refractivity contribution is 8.01. The smallest absolute Gasteiger partial charge is 0.0114 e. The Bertz CT molecular complexity index is 170. The van der Waals surface area contributed by atoms with Gasteiger partial charge < -0.3 is 0 Å². The Kier molecular flexibility index (Phi) is 5.24. The van der Waals surface area contributed by atoms with Crippen molar-refractivity contribution in [3.8, 4) is 0 Å². The lowest BCUT2D eigenvalue weighted by molar-refractivity contribution is 0.291. The molecule has 0 N–H and O–H groups in total. The van der Waals surface area contributed by atoms with Gasteiger partial charge in [-0.15, -0.1) is 11.8 Å². The van der Waals surface area contributed by atoms with Gasteiger partial charge in [-0.1, -0.05) is 61.8 Å².